The standard InChI is InChI=1S/C8H19N.ClH/c1-4-6-8(3)9-7-5-2;/h8-9H,4-7H2,1-3H3;1H. The minimum absolute atomic E-state index is 0. The Bertz CT molecular complexity index is 57.2. The molecule has 1 nitrogen and oxygen atoms in total. The van der Waals surface area contributed by atoms with Crippen LogP contribution in [0, 0.1) is 0 Å². The van der Waals surface area contributed by atoms with Crippen LogP contribution in [0.1, 0.15) is 40.0 Å². The number of nitrogens with one attached hydrogen (secondary N) is 1. The van der Waals surface area contributed by atoms with E-state index in [9.17, 15) is 0 Å². The molecule has 1 unspecified atom stereocenters. The summed E-state index contributed by atoms with van der Waals surface area (Å²) in [7, 11) is 0. The maximum absolute atomic E-state index is 3.43. The van der Waals surface area contributed by atoms with E-state index >= 15 is 0 Å². The van der Waals surface area contributed by atoms with Crippen LogP contribution in [-0.4, -0.2) is 12.6 Å². The first-order valence-electron chi connectivity index (χ1n) is 4.04. The maximum Gasteiger partial charge on any atom is 0.00386 e. The van der Waals surface area contributed by atoms with Gasteiger partial charge in [0.1, 0.15) is 0 Å². The molecule has 64 valence electrons. The highest BCUT2D eigenvalue weighted by Crippen LogP contribution is 1.93. The van der Waals surface area contributed by atoms with Crippen LogP contribution in [0.3, 0.4) is 0 Å². The molecule has 0 aromatic rings. The van der Waals surface area contributed by atoms with E-state index in [-0.39, 0.29) is 12.4 Å². The fourth-order valence-electron chi connectivity index (χ4n) is 0.926. The molecule has 2 heteroatoms. The van der Waals surface area contributed by atoms with Crippen LogP contribution >= 0.6 is 12.4 Å². The van der Waals surface area contributed by atoms with Crippen molar-refractivity contribution in [2.45, 2.75) is 46.1 Å². The Morgan fingerprint density at radius 1 is 1.20 bits per heavy atom. The van der Waals surface area contributed by atoms with Crippen LogP contribution < -0.4 is 5.32 Å². The predicted molar refractivity (Wildman–Crippen MR) is 49.9 cm³/mol. The quantitative estimate of drug-likeness (QED) is 0.661. The molecule has 0 bridgehead atoms. The van der Waals surface area contributed by atoms with E-state index in [0.717, 1.165) is 6.04 Å². The highest BCUT2D eigenvalue weighted by molar-refractivity contribution is 5.85. The third-order valence-corrected chi connectivity index (χ3v) is 1.46. The summed E-state index contributed by atoms with van der Waals surface area (Å²) in [6.07, 6.45) is 3.84. The summed E-state index contributed by atoms with van der Waals surface area (Å²) in [4.78, 5) is 0. The summed E-state index contributed by atoms with van der Waals surface area (Å²) in [6.45, 7) is 7.84. The molecule has 0 aliphatic carbocycles. The molecule has 0 saturated carbocycles. The van der Waals surface area contributed by atoms with E-state index in [1.807, 2.05) is 0 Å². The molecule has 0 rings (SSSR count). The first-order valence-corrected chi connectivity index (χ1v) is 4.04. The summed E-state index contributed by atoms with van der Waals surface area (Å²) in [5.74, 6) is 0. The minimum Gasteiger partial charge on any atom is -0.314 e. The molecular weight excluding hydrogens is 146 g/mol. The molecule has 1 atom stereocenters. The summed E-state index contributed by atoms with van der Waals surface area (Å²) >= 11 is 0. The maximum atomic E-state index is 3.43. The van der Waals surface area contributed by atoms with Gasteiger partial charge in [0.15, 0.2) is 0 Å². The monoisotopic (exact) mass is 165 g/mol. The zero-order chi connectivity index (χ0) is 7.11. The summed E-state index contributed by atoms with van der Waals surface area (Å²) in [6, 6.07) is 0.718. The summed E-state index contributed by atoms with van der Waals surface area (Å²) in [5.41, 5.74) is 0. The highest BCUT2D eigenvalue weighted by atomic mass is 35.5. The van der Waals surface area contributed by atoms with Gasteiger partial charge in [-0.25, -0.2) is 0 Å². The van der Waals surface area contributed by atoms with E-state index in [0.29, 0.717) is 0 Å². The second kappa shape index (κ2) is 9.25. The van der Waals surface area contributed by atoms with Crippen molar-refractivity contribution in [3.63, 3.8) is 0 Å². The Balaban J connectivity index is 0. The zero-order valence-corrected chi connectivity index (χ0v) is 8.13. The van der Waals surface area contributed by atoms with Crippen molar-refractivity contribution < 1.29 is 0 Å². The number of rotatable bonds is 5. The van der Waals surface area contributed by atoms with Gasteiger partial charge in [0.2, 0.25) is 0 Å². The van der Waals surface area contributed by atoms with Crippen LogP contribution in [0.4, 0.5) is 0 Å². The van der Waals surface area contributed by atoms with E-state index < -0.39 is 0 Å². The first kappa shape index (κ1) is 12.9. The van der Waals surface area contributed by atoms with Crippen molar-refractivity contribution in [2.75, 3.05) is 6.54 Å². The van der Waals surface area contributed by atoms with Crippen molar-refractivity contribution in [3.05, 3.63) is 0 Å². The fourth-order valence-corrected chi connectivity index (χ4v) is 0.926. The SMILES string of the molecule is CCCNC(C)CCC.Cl. The molecule has 0 amide bonds. The van der Waals surface area contributed by atoms with Gasteiger partial charge < -0.3 is 5.32 Å². The molecule has 1 N–H and O–H groups in total. The van der Waals surface area contributed by atoms with E-state index in [2.05, 4.69) is 26.1 Å². The molecule has 0 fully saturated rings. The summed E-state index contributed by atoms with van der Waals surface area (Å²) in [5, 5.41) is 3.43. The molecule has 0 spiro atoms. The Hall–Kier alpha value is 0.250. The van der Waals surface area contributed by atoms with Crippen LogP contribution in [0.25, 0.3) is 0 Å². The van der Waals surface area contributed by atoms with Crippen LogP contribution in [-0.2, 0) is 0 Å². The van der Waals surface area contributed by atoms with Gasteiger partial charge in [-0.3, -0.25) is 0 Å². The Labute approximate surface area is 71.0 Å². The van der Waals surface area contributed by atoms with Gasteiger partial charge in [0.25, 0.3) is 0 Å². The van der Waals surface area contributed by atoms with Crippen molar-refractivity contribution in [2.24, 2.45) is 0 Å². The normalized spacial score (nSPS) is 12.3. The molecule has 0 aromatic carbocycles. The largest absolute Gasteiger partial charge is 0.314 e. The molecule has 0 heterocycles. The van der Waals surface area contributed by atoms with Gasteiger partial charge >= 0.3 is 0 Å². The van der Waals surface area contributed by atoms with Crippen molar-refractivity contribution in [3.8, 4) is 0 Å². The third-order valence-electron chi connectivity index (χ3n) is 1.46. The molecule has 10 heavy (non-hydrogen) atoms. The van der Waals surface area contributed by atoms with Crippen molar-refractivity contribution >= 4 is 12.4 Å². The molecule has 0 aliphatic rings. The van der Waals surface area contributed by atoms with Crippen LogP contribution in [0.2, 0.25) is 0 Å². The second-order valence-electron chi connectivity index (χ2n) is 2.64. The van der Waals surface area contributed by atoms with Crippen molar-refractivity contribution in [1.29, 1.82) is 0 Å². The van der Waals surface area contributed by atoms with Crippen LogP contribution in [0.15, 0.2) is 0 Å². The van der Waals surface area contributed by atoms with E-state index in [1.54, 1.807) is 0 Å². The van der Waals surface area contributed by atoms with E-state index in [1.165, 1.54) is 25.8 Å². The molecule has 0 radical (unpaired) electrons. The lowest BCUT2D eigenvalue weighted by atomic mass is 10.2. The Morgan fingerprint density at radius 2 is 1.80 bits per heavy atom. The Kier molecular flexibility index (Phi) is 11.9. The lowest BCUT2D eigenvalue weighted by molar-refractivity contribution is 0.508. The average molecular weight is 166 g/mol. The molecule has 0 aliphatic heterocycles. The lowest BCUT2D eigenvalue weighted by Gasteiger charge is -2.10. The minimum atomic E-state index is 0. The van der Waals surface area contributed by atoms with Gasteiger partial charge in [0.05, 0.1) is 0 Å². The molecule has 0 saturated heterocycles. The van der Waals surface area contributed by atoms with Gasteiger partial charge in [-0.2, -0.15) is 0 Å². The molecule has 0 aromatic heterocycles. The number of hydrogen-bond donors (Lipinski definition) is 1. The van der Waals surface area contributed by atoms with Gasteiger partial charge in [-0.1, -0.05) is 20.3 Å². The smallest absolute Gasteiger partial charge is 0.00386 e. The number of halogens is 1. The number of hydrogen-bond acceptors (Lipinski definition) is 1. The average Bonchev–Trinajstić information content (AvgIpc) is 1.85. The summed E-state index contributed by atoms with van der Waals surface area (Å²) < 4.78 is 0. The van der Waals surface area contributed by atoms with Gasteiger partial charge in [-0.15, -0.1) is 12.4 Å². The molecular formula is C8H20ClN. The first-order chi connectivity index (χ1) is 4.31. The van der Waals surface area contributed by atoms with Gasteiger partial charge in [0, 0.05) is 6.04 Å². The zero-order valence-electron chi connectivity index (χ0n) is 7.31. The lowest BCUT2D eigenvalue weighted by Crippen LogP contribution is -2.26. The highest BCUT2D eigenvalue weighted by Gasteiger charge is 1.95. The topological polar surface area (TPSA) is 12.0 Å². The van der Waals surface area contributed by atoms with Gasteiger partial charge in [-0.05, 0) is 26.3 Å². The Morgan fingerprint density at radius 3 is 2.20 bits per heavy atom. The third kappa shape index (κ3) is 8.25. The van der Waals surface area contributed by atoms with Crippen molar-refractivity contribution in [1.82, 2.24) is 5.32 Å². The van der Waals surface area contributed by atoms with Crippen LogP contribution in [0.5, 0.6) is 0 Å². The second-order valence-corrected chi connectivity index (χ2v) is 2.64. The fraction of sp³-hybridized carbons (Fsp3) is 1.00. The predicted octanol–water partition coefficient (Wildman–Crippen LogP) is 2.60. The van der Waals surface area contributed by atoms with E-state index in [4.69, 9.17) is 0 Å².